The molecule has 1 unspecified atom stereocenters. The third kappa shape index (κ3) is 1.93. The van der Waals surface area contributed by atoms with Crippen molar-refractivity contribution in [3.05, 3.63) is 18.0 Å². The monoisotopic (exact) mass is 207 g/mol. The fourth-order valence-electron chi connectivity index (χ4n) is 2.29. The maximum atomic E-state index is 5.85. The van der Waals surface area contributed by atoms with Gasteiger partial charge in [0.2, 0.25) is 0 Å². The van der Waals surface area contributed by atoms with E-state index in [0.29, 0.717) is 17.9 Å². The predicted octanol–water partition coefficient (Wildman–Crippen LogP) is 2.31. The standard InChI is InChI=1S/C12H21N3/c1-9(2)11(8-13)12-6-7-14-15(12)10-4-3-5-10/h6-7,9-11H,3-5,8,13H2,1-2H3. The fourth-order valence-corrected chi connectivity index (χ4v) is 2.29. The molecule has 1 saturated carbocycles. The zero-order valence-electron chi connectivity index (χ0n) is 9.69. The summed E-state index contributed by atoms with van der Waals surface area (Å²) in [4.78, 5) is 0. The first-order valence-electron chi connectivity index (χ1n) is 5.97. The van der Waals surface area contributed by atoms with Crippen LogP contribution in [0.15, 0.2) is 12.3 Å². The molecule has 1 aromatic heterocycles. The quantitative estimate of drug-likeness (QED) is 0.823. The van der Waals surface area contributed by atoms with Crippen molar-refractivity contribution >= 4 is 0 Å². The minimum atomic E-state index is 0.452. The highest BCUT2D eigenvalue weighted by molar-refractivity contribution is 5.11. The third-order valence-corrected chi connectivity index (χ3v) is 3.56. The van der Waals surface area contributed by atoms with Crippen molar-refractivity contribution in [2.24, 2.45) is 11.7 Å². The molecule has 0 aliphatic heterocycles. The van der Waals surface area contributed by atoms with Crippen molar-refractivity contribution in [1.29, 1.82) is 0 Å². The zero-order valence-corrected chi connectivity index (χ0v) is 9.69. The first-order chi connectivity index (χ1) is 7.24. The van der Waals surface area contributed by atoms with Crippen LogP contribution in [0.2, 0.25) is 0 Å². The van der Waals surface area contributed by atoms with Crippen LogP contribution in [-0.4, -0.2) is 16.3 Å². The average molecular weight is 207 g/mol. The van der Waals surface area contributed by atoms with Gasteiger partial charge in [-0.2, -0.15) is 5.10 Å². The van der Waals surface area contributed by atoms with Crippen molar-refractivity contribution in [1.82, 2.24) is 9.78 Å². The molecule has 0 spiro atoms. The number of rotatable bonds is 4. The second kappa shape index (κ2) is 4.35. The molecule has 0 aromatic carbocycles. The van der Waals surface area contributed by atoms with E-state index in [1.54, 1.807) is 0 Å². The van der Waals surface area contributed by atoms with Crippen LogP contribution in [0.5, 0.6) is 0 Å². The average Bonchev–Trinajstić information content (AvgIpc) is 2.51. The summed E-state index contributed by atoms with van der Waals surface area (Å²) in [6.07, 6.45) is 5.83. The largest absolute Gasteiger partial charge is 0.330 e. The van der Waals surface area contributed by atoms with E-state index in [9.17, 15) is 0 Å². The summed E-state index contributed by atoms with van der Waals surface area (Å²) in [6, 6.07) is 2.78. The van der Waals surface area contributed by atoms with Crippen LogP contribution in [-0.2, 0) is 0 Å². The van der Waals surface area contributed by atoms with Crippen LogP contribution in [0.25, 0.3) is 0 Å². The van der Waals surface area contributed by atoms with Crippen LogP contribution in [0.4, 0.5) is 0 Å². The predicted molar refractivity (Wildman–Crippen MR) is 61.7 cm³/mol. The van der Waals surface area contributed by atoms with E-state index in [-0.39, 0.29) is 0 Å². The van der Waals surface area contributed by atoms with Gasteiger partial charge in [-0.3, -0.25) is 4.68 Å². The highest BCUT2D eigenvalue weighted by atomic mass is 15.3. The molecule has 1 heterocycles. The van der Waals surface area contributed by atoms with Gasteiger partial charge in [0.15, 0.2) is 0 Å². The smallest absolute Gasteiger partial charge is 0.0522 e. The first kappa shape index (κ1) is 10.7. The number of hydrogen-bond acceptors (Lipinski definition) is 2. The van der Waals surface area contributed by atoms with Crippen molar-refractivity contribution in [2.75, 3.05) is 6.54 Å². The Kier molecular flexibility index (Phi) is 3.10. The van der Waals surface area contributed by atoms with Crippen LogP contribution < -0.4 is 5.73 Å². The fraction of sp³-hybridized carbons (Fsp3) is 0.750. The summed E-state index contributed by atoms with van der Waals surface area (Å²) in [6.45, 7) is 5.18. The molecule has 3 heteroatoms. The van der Waals surface area contributed by atoms with E-state index in [4.69, 9.17) is 5.73 Å². The normalized spacial score (nSPS) is 19.2. The number of hydrogen-bond donors (Lipinski definition) is 1. The van der Waals surface area contributed by atoms with Crippen molar-refractivity contribution in [3.8, 4) is 0 Å². The van der Waals surface area contributed by atoms with E-state index >= 15 is 0 Å². The molecule has 0 saturated heterocycles. The molecule has 1 aliphatic rings. The Morgan fingerprint density at radius 1 is 1.53 bits per heavy atom. The molecule has 2 N–H and O–H groups in total. The molecule has 1 atom stereocenters. The van der Waals surface area contributed by atoms with Gasteiger partial charge >= 0.3 is 0 Å². The minimum Gasteiger partial charge on any atom is -0.330 e. The highest BCUT2D eigenvalue weighted by Crippen LogP contribution is 2.34. The Morgan fingerprint density at radius 2 is 2.27 bits per heavy atom. The van der Waals surface area contributed by atoms with Gasteiger partial charge in [-0.05, 0) is 31.2 Å². The second-order valence-electron chi connectivity index (χ2n) is 4.87. The number of nitrogens with two attached hydrogens (primary N) is 1. The molecular formula is C12H21N3. The van der Waals surface area contributed by atoms with Crippen molar-refractivity contribution < 1.29 is 0 Å². The summed E-state index contributed by atoms with van der Waals surface area (Å²) < 4.78 is 2.21. The number of nitrogens with zero attached hydrogens (tertiary/aromatic N) is 2. The van der Waals surface area contributed by atoms with Gasteiger partial charge in [0.05, 0.1) is 6.04 Å². The lowest BCUT2D eigenvalue weighted by molar-refractivity contribution is 0.273. The maximum Gasteiger partial charge on any atom is 0.0522 e. The molecule has 3 nitrogen and oxygen atoms in total. The van der Waals surface area contributed by atoms with Crippen molar-refractivity contribution in [2.45, 2.75) is 45.1 Å². The summed E-state index contributed by atoms with van der Waals surface area (Å²) in [7, 11) is 0. The summed E-state index contributed by atoms with van der Waals surface area (Å²) in [5, 5.41) is 4.45. The van der Waals surface area contributed by atoms with Gasteiger partial charge in [-0.15, -0.1) is 0 Å². The topological polar surface area (TPSA) is 43.8 Å². The minimum absolute atomic E-state index is 0.452. The third-order valence-electron chi connectivity index (χ3n) is 3.56. The van der Waals surface area contributed by atoms with Gasteiger partial charge in [-0.25, -0.2) is 0 Å². The van der Waals surface area contributed by atoms with Gasteiger partial charge in [0.1, 0.15) is 0 Å². The maximum absolute atomic E-state index is 5.85. The molecule has 1 aromatic rings. The molecular weight excluding hydrogens is 186 g/mol. The van der Waals surface area contributed by atoms with E-state index in [1.165, 1.54) is 25.0 Å². The molecule has 1 aliphatic carbocycles. The lowest BCUT2D eigenvalue weighted by atomic mass is 9.89. The summed E-state index contributed by atoms with van der Waals surface area (Å²) in [5.74, 6) is 1.04. The lowest BCUT2D eigenvalue weighted by Gasteiger charge is -2.30. The van der Waals surface area contributed by atoms with E-state index in [0.717, 1.165) is 6.54 Å². The highest BCUT2D eigenvalue weighted by Gasteiger charge is 2.25. The molecule has 1 fully saturated rings. The molecule has 15 heavy (non-hydrogen) atoms. The lowest BCUT2D eigenvalue weighted by Crippen LogP contribution is -2.26. The van der Waals surface area contributed by atoms with Crippen LogP contribution >= 0.6 is 0 Å². The Morgan fingerprint density at radius 3 is 2.73 bits per heavy atom. The molecule has 0 radical (unpaired) electrons. The van der Waals surface area contributed by atoms with Crippen LogP contribution in [0.1, 0.15) is 50.8 Å². The summed E-state index contributed by atoms with van der Waals surface area (Å²) >= 11 is 0. The zero-order chi connectivity index (χ0) is 10.8. The molecule has 0 amide bonds. The van der Waals surface area contributed by atoms with Gasteiger partial charge in [-0.1, -0.05) is 13.8 Å². The Bertz CT molecular complexity index is 312. The van der Waals surface area contributed by atoms with Gasteiger partial charge in [0.25, 0.3) is 0 Å². The van der Waals surface area contributed by atoms with Crippen LogP contribution in [0.3, 0.4) is 0 Å². The Balaban J connectivity index is 2.22. The van der Waals surface area contributed by atoms with E-state index in [1.807, 2.05) is 6.20 Å². The number of aromatic nitrogens is 2. The SMILES string of the molecule is CC(C)C(CN)c1ccnn1C1CCC1. The molecule has 2 rings (SSSR count). The van der Waals surface area contributed by atoms with Crippen LogP contribution in [0, 0.1) is 5.92 Å². The molecule has 84 valence electrons. The first-order valence-corrected chi connectivity index (χ1v) is 5.97. The molecule has 0 bridgehead atoms. The van der Waals surface area contributed by atoms with E-state index < -0.39 is 0 Å². The van der Waals surface area contributed by atoms with Gasteiger partial charge < -0.3 is 5.73 Å². The summed E-state index contributed by atoms with van der Waals surface area (Å²) in [5.41, 5.74) is 7.18. The van der Waals surface area contributed by atoms with E-state index in [2.05, 4.69) is 29.7 Å². The Labute approximate surface area is 91.7 Å². The Hall–Kier alpha value is -0.830. The second-order valence-corrected chi connectivity index (χ2v) is 4.87. The van der Waals surface area contributed by atoms with Gasteiger partial charge in [0, 0.05) is 24.4 Å². The van der Waals surface area contributed by atoms with Crippen molar-refractivity contribution in [3.63, 3.8) is 0 Å².